The highest BCUT2D eigenvalue weighted by Crippen LogP contribution is 2.32. The molecule has 1 aromatic carbocycles. The van der Waals surface area contributed by atoms with Crippen LogP contribution in [0.4, 0.5) is 0 Å². The van der Waals surface area contributed by atoms with Gasteiger partial charge in [0.2, 0.25) is 0 Å². The molecule has 1 fully saturated rings. The van der Waals surface area contributed by atoms with E-state index in [0.717, 1.165) is 10.8 Å². The van der Waals surface area contributed by atoms with Crippen molar-refractivity contribution in [3.05, 3.63) is 28.2 Å². The first-order valence-corrected chi connectivity index (χ1v) is 8.80. The largest absolute Gasteiger partial charge is 0.490 e. The molecule has 0 aromatic heterocycles. The van der Waals surface area contributed by atoms with Gasteiger partial charge in [0.1, 0.15) is 18.0 Å². The lowest BCUT2D eigenvalue weighted by Crippen LogP contribution is -2.40. The summed E-state index contributed by atoms with van der Waals surface area (Å²) in [7, 11) is 0. The second-order valence-corrected chi connectivity index (χ2v) is 7.76. The van der Waals surface area contributed by atoms with Crippen molar-refractivity contribution in [2.24, 2.45) is 5.92 Å². The summed E-state index contributed by atoms with van der Waals surface area (Å²) in [6.45, 7) is 6.36. The summed E-state index contributed by atoms with van der Waals surface area (Å²) in [6.07, 6.45) is 2.20. The summed E-state index contributed by atoms with van der Waals surface area (Å²) < 4.78 is 17.5. The van der Waals surface area contributed by atoms with Gasteiger partial charge in [0.05, 0.1) is 24.2 Å². The van der Waals surface area contributed by atoms with Crippen LogP contribution in [0.1, 0.15) is 44.0 Å². The molecule has 132 valence electrons. The van der Waals surface area contributed by atoms with Crippen LogP contribution in [0.3, 0.4) is 0 Å². The van der Waals surface area contributed by atoms with Crippen molar-refractivity contribution < 1.29 is 23.8 Å². The fourth-order valence-corrected chi connectivity index (χ4v) is 2.72. The van der Waals surface area contributed by atoms with E-state index in [-0.39, 0.29) is 18.0 Å². The molecule has 0 atom stereocenters. The summed E-state index contributed by atoms with van der Waals surface area (Å²) in [6, 6.07) is 5.24. The zero-order valence-corrected chi connectivity index (χ0v) is 15.8. The van der Waals surface area contributed by atoms with Crippen molar-refractivity contribution in [3.8, 4) is 5.75 Å². The highest BCUT2D eigenvalue weighted by atomic mass is 79.9. The van der Waals surface area contributed by atoms with Gasteiger partial charge in [-0.15, -0.1) is 0 Å². The number of aldehydes is 1. The maximum Gasteiger partial charge on any atom is 0.309 e. The van der Waals surface area contributed by atoms with Gasteiger partial charge in [-0.25, -0.2) is 0 Å². The maximum absolute atomic E-state index is 11.9. The molecule has 0 saturated heterocycles. The van der Waals surface area contributed by atoms with Crippen molar-refractivity contribution in [3.63, 3.8) is 0 Å². The summed E-state index contributed by atoms with van der Waals surface area (Å²) in [4.78, 5) is 22.8. The Hall–Kier alpha value is -1.40. The Labute approximate surface area is 150 Å². The fourth-order valence-electron chi connectivity index (χ4n) is 2.38. The SMILES string of the molecule is CC(C)(C)OC(=O)[C@H]1C[C@@H](OCCOc2cc(Br)ccc2C=O)C1. The summed E-state index contributed by atoms with van der Waals surface area (Å²) >= 11 is 3.35. The highest BCUT2D eigenvalue weighted by Gasteiger charge is 2.37. The normalized spacial score (nSPS) is 20.2. The lowest BCUT2D eigenvalue weighted by atomic mass is 9.82. The van der Waals surface area contributed by atoms with E-state index in [1.807, 2.05) is 20.8 Å². The number of carbonyl (C=O) groups excluding carboxylic acids is 2. The number of hydrogen-bond acceptors (Lipinski definition) is 5. The molecule has 0 aliphatic heterocycles. The Morgan fingerprint density at radius 3 is 2.62 bits per heavy atom. The molecule has 1 saturated carbocycles. The first kappa shape index (κ1) is 18.9. The van der Waals surface area contributed by atoms with Crippen molar-refractivity contribution >= 4 is 28.2 Å². The van der Waals surface area contributed by atoms with E-state index >= 15 is 0 Å². The Morgan fingerprint density at radius 1 is 1.29 bits per heavy atom. The summed E-state index contributed by atoms with van der Waals surface area (Å²) in [5.41, 5.74) is 0.0590. The van der Waals surface area contributed by atoms with Crippen LogP contribution in [0.25, 0.3) is 0 Å². The monoisotopic (exact) mass is 398 g/mol. The second kappa shape index (κ2) is 8.12. The van der Waals surface area contributed by atoms with Crippen LogP contribution < -0.4 is 4.74 Å². The molecule has 0 heterocycles. The van der Waals surface area contributed by atoms with Crippen LogP contribution in [0.15, 0.2) is 22.7 Å². The molecule has 0 radical (unpaired) electrons. The van der Waals surface area contributed by atoms with E-state index in [4.69, 9.17) is 14.2 Å². The van der Waals surface area contributed by atoms with E-state index in [0.29, 0.717) is 37.4 Å². The topological polar surface area (TPSA) is 61.8 Å². The summed E-state index contributed by atoms with van der Waals surface area (Å²) in [5, 5.41) is 0. The first-order chi connectivity index (χ1) is 11.3. The Balaban J connectivity index is 1.66. The van der Waals surface area contributed by atoms with Crippen molar-refractivity contribution in [2.45, 2.75) is 45.3 Å². The number of carbonyl (C=O) groups is 2. The van der Waals surface area contributed by atoms with Crippen molar-refractivity contribution in [2.75, 3.05) is 13.2 Å². The Bertz CT molecular complexity index is 588. The zero-order valence-electron chi connectivity index (χ0n) is 14.2. The minimum Gasteiger partial charge on any atom is -0.490 e. The van der Waals surface area contributed by atoms with Gasteiger partial charge in [0.15, 0.2) is 6.29 Å². The number of ether oxygens (including phenoxy) is 3. The standard InChI is InChI=1S/C18H23BrO5/c1-18(2,3)24-17(21)13-8-15(9-13)22-6-7-23-16-10-14(19)5-4-12(16)11-20/h4-5,10-11,13,15H,6-9H2,1-3H3/t13-,15+. The van der Waals surface area contributed by atoms with Crippen LogP contribution in [-0.4, -0.2) is 37.2 Å². The molecule has 24 heavy (non-hydrogen) atoms. The van der Waals surface area contributed by atoms with Crippen molar-refractivity contribution in [1.82, 2.24) is 0 Å². The van der Waals surface area contributed by atoms with Gasteiger partial charge in [-0.1, -0.05) is 15.9 Å². The van der Waals surface area contributed by atoms with Gasteiger partial charge in [-0.05, 0) is 51.8 Å². The van der Waals surface area contributed by atoms with E-state index < -0.39 is 5.60 Å². The minimum atomic E-state index is -0.447. The van der Waals surface area contributed by atoms with Gasteiger partial charge >= 0.3 is 5.97 Å². The number of hydrogen-bond donors (Lipinski definition) is 0. The van der Waals surface area contributed by atoms with Crippen LogP contribution in [0.5, 0.6) is 5.75 Å². The van der Waals surface area contributed by atoms with Gasteiger partial charge in [-0.3, -0.25) is 9.59 Å². The number of benzene rings is 1. The van der Waals surface area contributed by atoms with Gasteiger partial charge in [0, 0.05) is 4.47 Å². The number of halogens is 1. The summed E-state index contributed by atoms with van der Waals surface area (Å²) in [5.74, 6) is 0.313. The van der Waals surface area contributed by atoms with E-state index in [1.165, 1.54) is 0 Å². The predicted molar refractivity (Wildman–Crippen MR) is 93.3 cm³/mol. The predicted octanol–water partition coefficient (Wildman–Crippen LogP) is 3.78. The molecule has 1 aliphatic rings. The van der Waals surface area contributed by atoms with Gasteiger partial charge < -0.3 is 14.2 Å². The molecule has 0 N–H and O–H groups in total. The minimum absolute atomic E-state index is 0.0677. The quantitative estimate of drug-likeness (QED) is 0.397. The second-order valence-electron chi connectivity index (χ2n) is 6.84. The third kappa shape index (κ3) is 5.60. The molecular weight excluding hydrogens is 376 g/mol. The van der Waals surface area contributed by atoms with Crippen LogP contribution in [0, 0.1) is 5.92 Å². The molecule has 0 spiro atoms. The number of esters is 1. The molecule has 0 bridgehead atoms. The Kier molecular flexibility index (Phi) is 6.40. The van der Waals surface area contributed by atoms with E-state index in [1.54, 1.807) is 18.2 Å². The smallest absolute Gasteiger partial charge is 0.309 e. The molecule has 6 heteroatoms. The van der Waals surface area contributed by atoms with E-state index in [9.17, 15) is 9.59 Å². The third-order valence-electron chi connectivity index (χ3n) is 3.63. The molecule has 1 aromatic rings. The average molecular weight is 399 g/mol. The molecular formula is C18H23BrO5. The molecule has 1 aliphatic carbocycles. The van der Waals surface area contributed by atoms with Gasteiger partial charge in [0.25, 0.3) is 0 Å². The third-order valence-corrected chi connectivity index (χ3v) is 4.13. The van der Waals surface area contributed by atoms with Crippen molar-refractivity contribution in [1.29, 1.82) is 0 Å². The Morgan fingerprint density at radius 2 is 2.00 bits per heavy atom. The molecule has 0 unspecified atom stereocenters. The first-order valence-electron chi connectivity index (χ1n) is 8.00. The van der Waals surface area contributed by atoms with Crippen LogP contribution in [0.2, 0.25) is 0 Å². The molecule has 5 nitrogen and oxygen atoms in total. The fraction of sp³-hybridized carbons (Fsp3) is 0.556. The maximum atomic E-state index is 11.9. The van der Waals surface area contributed by atoms with Gasteiger partial charge in [-0.2, -0.15) is 0 Å². The highest BCUT2D eigenvalue weighted by molar-refractivity contribution is 9.10. The van der Waals surface area contributed by atoms with E-state index in [2.05, 4.69) is 15.9 Å². The lowest BCUT2D eigenvalue weighted by molar-refractivity contribution is -0.169. The molecule has 2 rings (SSSR count). The zero-order chi connectivity index (χ0) is 17.7. The average Bonchev–Trinajstić information content (AvgIpc) is 2.43. The lowest BCUT2D eigenvalue weighted by Gasteiger charge is -2.35. The molecule has 0 amide bonds. The number of rotatable bonds is 7. The van der Waals surface area contributed by atoms with Crippen LogP contribution in [-0.2, 0) is 14.3 Å². The van der Waals surface area contributed by atoms with Crippen LogP contribution >= 0.6 is 15.9 Å².